The van der Waals surface area contributed by atoms with Gasteiger partial charge in [-0.05, 0) is 33.6 Å². The van der Waals surface area contributed by atoms with Gasteiger partial charge in [0.15, 0.2) is 0 Å². The van der Waals surface area contributed by atoms with Crippen LogP contribution in [0.15, 0.2) is 0 Å². The van der Waals surface area contributed by atoms with Crippen LogP contribution in [0.1, 0.15) is 33.6 Å². The van der Waals surface area contributed by atoms with Gasteiger partial charge in [0.25, 0.3) is 0 Å². The third-order valence-corrected chi connectivity index (χ3v) is 2.71. The molecule has 0 aliphatic carbocycles. The lowest BCUT2D eigenvalue weighted by molar-refractivity contribution is -0.117. The molecule has 6 nitrogen and oxygen atoms in total. The van der Waals surface area contributed by atoms with Crippen molar-refractivity contribution in [3.05, 3.63) is 0 Å². The monoisotopic (exact) mass is 257 g/mol. The summed E-state index contributed by atoms with van der Waals surface area (Å²) >= 11 is 0. The molecule has 0 spiro atoms. The molecule has 1 heterocycles. The summed E-state index contributed by atoms with van der Waals surface area (Å²) in [6.45, 7) is 7.04. The fourth-order valence-electron chi connectivity index (χ4n) is 1.84. The molecule has 2 amide bonds. The maximum atomic E-state index is 11.8. The van der Waals surface area contributed by atoms with Crippen molar-refractivity contribution in [2.24, 2.45) is 5.73 Å². The maximum Gasteiger partial charge on any atom is 0.410 e. The number of piperidine rings is 1. The van der Waals surface area contributed by atoms with Gasteiger partial charge in [-0.15, -0.1) is 0 Å². The first-order valence-electron chi connectivity index (χ1n) is 6.27. The molecule has 0 saturated carbocycles. The Morgan fingerprint density at radius 2 is 1.89 bits per heavy atom. The standard InChI is InChI=1S/C12H23N3O3/c1-12(2,3)18-11(17)15-6-4-9(5-7-15)14-8-10(13)16/h9,14H,4-8H2,1-3H3,(H2,13,16). The average Bonchev–Trinajstić information content (AvgIpc) is 2.24. The van der Waals surface area contributed by atoms with Crippen LogP contribution in [0.2, 0.25) is 0 Å². The molecule has 0 aromatic rings. The molecule has 0 unspecified atom stereocenters. The van der Waals surface area contributed by atoms with E-state index in [-0.39, 0.29) is 24.6 Å². The molecule has 1 rings (SSSR count). The Hall–Kier alpha value is -1.30. The molecule has 0 aromatic carbocycles. The number of rotatable bonds is 3. The Labute approximate surface area is 108 Å². The van der Waals surface area contributed by atoms with E-state index in [2.05, 4.69) is 5.32 Å². The van der Waals surface area contributed by atoms with Crippen molar-refractivity contribution in [3.63, 3.8) is 0 Å². The summed E-state index contributed by atoms with van der Waals surface area (Å²) in [5, 5.41) is 3.08. The van der Waals surface area contributed by atoms with Gasteiger partial charge in [0.2, 0.25) is 5.91 Å². The van der Waals surface area contributed by atoms with Crippen LogP contribution in [-0.4, -0.2) is 48.2 Å². The Kier molecular flexibility index (Phi) is 4.95. The van der Waals surface area contributed by atoms with Crippen molar-refractivity contribution in [1.82, 2.24) is 10.2 Å². The number of ether oxygens (including phenoxy) is 1. The zero-order valence-corrected chi connectivity index (χ0v) is 11.4. The van der Waals surface area contributed by atoms with Crippen LogP contribution in [0.3, 0.4) is 0 Å². The van der Waals surface area contributed by atoms with Crippen molar-refractivity contribution < 1.29 is 14.3 Å². The number of nitrogens with one attached hydrogen (secondary N) is 1. The number of amides is 2. The van der Waals surface area contributed by atoms with Crippen molar-refractivity contribution in [2.45, 2.75) is 45.3 Å². The summed E-state index contributed by atoms with van der Waals surface area (Å²) in [5.41, 5.74) is 4.61. The highest BCUT2D eigenvalue weighted by atomic mass is 16.6. The van der Waals surface area contributed by atoms with E-state index in [0.717, 1.165) is 12.8 Å². The van der Waals surface area contributed by atoms with E-state index in [4.69, 9.17) is 10.5 Å². The maximum absolute atomic E-state index is 11.8. The number of likely N-dealkylation sites (tertiary alicyclic amines) is 1. The molecule has 1 aliphatic rings. The predicted molar refractivity (Wildman–Crippen MR) is 68.0 cm³/mol. The van der Waals surface area contributed by atoms with E-state index < -0.39 is 5.60 Å². The molecule has 1 saturated heterocycles. The minimum absolute atomic E-state index is 0.192. The molecule has 3 N–H and O–H groups in total. The number of carbonyl (C=O) groups is 2. The van der Waals surface area contributed by atoms with E-state index >= 15 is 0 Å². The van der Waals surface area contributed by atoms with Crippen molar-refractivity contribution >= 4 is 12.0 Å². The van der Waals surface area contributed by atoms with Gasteiger partial charge in [0, 0.05) is 19.1 Å². The summed E-state index contributed by atoms with van der Waals surface area (Å²) in [6, 6.07) is 0.246. The van der Waals surface area contributed by atoms with Crippen LogP contribution in [0.5, 0.6) is 0 Å². The molecule has 0 atom stereocenters. The quantitative estimate of drug-likeness (QED) is 0.769. The third-order valence-electron chi connectivity index (χ3n) is 2.71. The first-order valence-corrected chi connectivity index (χ1v) is 6.27. The fourth-order valence-corrected chi connectivity index (χ4v) is 1.84. The second-order valence-corrected chi connectivity index (χ2v) is 5.59. The molecule has 0 bridgehead atoms. The van der Waals surface area contributed by atoms with Crippen molar-refractivity contribution in [2.75, 3.05) is 19.6 Å². The summed E-state index contributed by atoms with van der Waals surface area (Å²) in [6.07, 6.45) is 1.36. The summed E-state index contributed by atoms with van der Waals surface area (Å²) in [7, 11) is 0. The molecule has 0 aromatic heterocycles. The van der Waals surface area contributed by atoms with Crippen LogP contribution in [0.25, 0.3) is 0 Å². The molecule has 1 aliphatic heterocycles. The second-order valence-electron chi connectivity index (χ2n) is 5.59. The van der Waals surface area contributed by atoms with Gasteiger partial charge in [0.1, 0.15) is 5.60 Å². The fraction of sp³-hybridized carbons (Fsp3) is 0.833. The molecule has 1 fully saturated rings. The average molecular weight is 257 g/mol. The largest absolute Gasteiger partial charge is 0.444 e. The van der Waals surface area contributed by atoms with Crippen LogP contribution in [-0.2, 0) is 9.53 Å². The van der Waals surface area contributed by atoms with Crippen molar-refractivity contribution in [3.8, 4) is 0 Å². The normalized spacial score (nSPS) is 17.6. The second kappa shape index (κ2) is 6.04. The highest BCUT2D eigenvalue weighted by Gasteiger charge is 2.26. The third kappa shape index (κ3) is 5.35. The Balaban J connectivity index is 2.30. The first kappa shape index (κ1) is 14.8. The Morgan fingerprint density at radius 1 is 1.33 bits per heavy atom. The van der Waals surface area contributed by atoms with Gasteiger partial charge in [-0.1, -0.05) is 0 Å². The van der Waals surface area contributed by atoms with Gasteiger partial charge in [-0.2, -0.15) is 0 Å². The minimum Gasteiger partial charge on any atom is -0.444 e. The molecule has 18 heavy (non-hydrogen) atoms. The highest BCUT2D eigenvalue weighted by molar-refractivity contribution is 5.75. The van der Waals surface area contributed by atoms with Crippen LogP contribution in [0, 0.1) is 0 Å². The number of carbonyl (C=O) groups excluding carboxylic acids is 2. The molecular weight excluding hydrogens is 234 g/mol. The van der Waals surface area contributed by atoms with Gasteiger partial charge in [0.05, 0.1) is 6.54 Å². The van der Waals surface area contributed by atoms with E-state index in [9.17, 15) is 9.59 Å². The summed E-state index contributed by atoms with van der Waals surface area (Å²) in [5.74, 6) is -0.357. The molecule has 104 valence electrons. The molecule has 6 heteroatoms. The lowest BCUT2D eigenvalue weighted by Crippen LogP contribution is -2.47. The van der Waals surface area contributed by atoms with E-state index in [1.54, 1.807) is 4.90 Å². The van der Waals surface area contributed by atoms with Gasteiger partial charge in [-0.25, -0.2) is 4.79 Å². The zero-order chi connectivity index (χ0) is 13.8. The highest BCUT2D eigenvalue weighted by Crippen LogP contribution is 2.15. The van der Waals surface area contributed by atoms with Gasteiger partial charge >= 0.3 is 6.09 Å². The molecular formula is C12H23N3O3. The Morgan fingerprint density at radius 3 is 2.33 bits per heavy atom. The number of hydrogen-bond donors (Lipinski definition) is 2. The van der Waals surface area contributed by atoms with E-state index in [0.29, 0.717) is 13.1 Å². The molecule has 0 radical (unpaired) electrons. The number of hydrogen-bond acceptors (Lipinski definition) is 4. The SMILES string of the molecule is CC(C)(C)OC(=O)N1CCC(NCC(N)=O)CC1. The Bertz CT molecular complexity index is 304. The minimum atomic E-state index is -0.460. The van der Waals surface area contributed by atoms with Crippen LogP contribution < -0.4 is 11.1 Å². The number of nitrogens with zero attached hydrogens (tertiary/aromatic N) is 1. The van der Waals surface area contributed by atoms with Crippen LogP contribution >= 0.6 is 0 Å². The van der Waals surface area contributed by atoms with Crippen molar-refractivity contribution in [1.29, 1.82) is 0 Å². The van der Waals surface area contributed by atoms with Gasteiger partial charge < -0.3 is 20.7 Å². The number of nitrogens with two attached hydrogens (primary N) is 1. The lowest BCUT2D eigenvalue weighted by Gasteiger charge is -2.33. The van der Waals surface area contributed by atoms with E-state index in [1.165, 1.54) is 0 Å². The predicted octanol–water partition coefficient (Wildman–Crippen LogP) is 0.461. The van der Waals surface area contributed by atoms with E-state index in [1.807, 2.05) is 20.8 Å². The zero-order valence-electron chi connectivity index (χ0n) is 11.4. The van der Waals surface area contributed by atoms with Crippen LogP contribution in [0.4, 0.5) is 4.79 Å². The first-order chi connectivity index (χ1) is 8.28. The lowest BCUT2D eigenvalue weighted by atomic mass is 10.1. The summed E-state index contributed by atoms with van der Waals surface area (Å²) in [4.78, 5) is 24.1. The number of primary amides is 1. The van der Waals surface area contributed by atoms with Gasteiger partial charge in [-0.3, -0.25) is 4.79 Å². The topological polar surface area (TPSA) is 84.7 Å². The smallest absolute Gasteiger partial charge is 0.410 e. The summed E-state index contributed by atoms with van der Waals surface area (Å²) < 4.78 is 5.30.